The van der Waals surface area contributed by atoms with Crippen LogP contribution in [0.5, 0.6) is 5.75 Å². The molecule has 1 aliphatic rings. The number of hydrogen-bond acceptors (Lipinski definition) is 7. The van der Waals surface area contributed by atoms with Gasteiger partial charge >= 0.3 is 5.97 Å². The van der Waals surface area contributed by atoms with Crippen LogP contribution in [0.3, 0.4) is 0 Å². The molecule has 0 saturated heterocycles. The topological polar surface area (TPSA) is 102 Å². The van der Waals surface area contributed by atoms with Crippen molar-refractivity contribution in [1.82, 2.24) is 0 Å². The lowest BCUT2D eigenvalue weighted by molar-refractivity contribution is -0.114. The smallest absolute Gasteiger partial charge is 0.341 e. The van der Waals surface area contributed by atoms with Gasteiger partial charge < -0.3 is 14.8 Å². The minimum atomic E-state index is -3.73. The summed E-state index contributed by atoms with van der Waals surface area (Å²) in [5.74, 6) is -0.588. The van der Waals surface area contributed by atoms with Gasteiger partial charge in [0.1, 0.15) is 17.3 Å². The van der Waals surface area contributed by atoms with Crippen LogP contribution in [0.2, 0.25) is 0 Å². The summed E-state index contributed by atoms with van der Waals surface area (Å²) in [6, 6.07) is 6.44. The van der Waals surface area contributed by atoms with Crippen LogP contribution in [0.4, 0.5) is 10.7 Å². The number of nitrogens with zero attached hydrogens (tertiary/aromatic N) is 1. The highest BCUT2D eigenvalue weighted by Gasteiger charge is 2.29. The molecule has 1 aliphatic carbocycles. The van der Waals surface area contributed by atoms with E-state index >= 15 is 0 Å². The zero-order valence-electron chi connectivity index (χ0n) is 16.4. The number of thiophene rings is 1. The number of ether oxygens (including phenoxy) is 2. The van der Waals surface area contributed by atoms with Crippen molar-refractivity contribution in [1.29, 1.82) is 0 Å². The summed E-state index contributed by atoms with van der Waals surface area (Å²) in [6.07, 6.45) is 3.58. The Labute approximate surface area is 173 Å². The van der Waals surface area contributed by atoms with Crippen molar-refractivity contribution in [3.63, 3.8) is 0 Å². The van der Waals surface area contributed by atoms with E-state index < -0.39 is 28.4 Å². The number of anilines is 2. The van der Waals surface area contributed by atoms with Gasteiger partial charge in [0.15, 0.2) is 0 Å². The van der Waals surface area contributed by atoms with Crippen LogP contribution in [0.1, 0.15) is 27.2 Å². The third-order valence-electron chi connectivity index (χ3n) is 4.59. The number of hydrogen-bond donors (Lipinski definition) is 1. The van der Waals surface area contributed by atoms with E-state index in [1.807, 2.05) is 0 Å². The molecular weight excluding hydrogens is 416 g/mol. The van der Waals surface area contributed by atoms with Crippen molar-refractivity contribution >= 4 is 43.9 Å². The Morgan fingerprint density at radius 3 is 2.66 bits per heavy atom. The molecule has 3 rings (SSSR count). The lowest BCUT2D eigenvalue weighted by Crippen LogP contribution is -2.37. The van der Waals surface area contributed by atoms with Gasteiger partial charge in [0.2, 0.25) is 15.9 Å². The Morgan fingerprint density at radius 1 is 1.24 bits per heavy atom. The largest absolute Gasteiger partial charge is 0.497 e. The van der Waals surface area contributed by atoms with Gasteiger partial charge in [-0.05, 0) is 37.0 Å². The van der Waals surface area contributed by atoms with Crippen LogP contribution in [0, 0.1) is 0 Å². The number of carbonyl (C=O) groups is 2. The van der Waals surface area contributed by atoms with Gasteiger partial charge in [-0.25, -0.2) is 13.2 Å². The molecule has 0 fully saturated rings. The maximum Gasteiger partial charge on any atom is 0.341 e. The molecule has 10 heteroatoms. The maximum atomic E-state index is 12.7. The standard InChI is InChI=1S/C19H22N2O6S2/c1-26-13-7-4-6-12(10-13)21(29(3,24)25)11-16(22)20-18-17(19(23)27-2)14-8-5-9-15(14)28-18/h4,6-7,10H,5,8-9,11H2,1-3H3,(H,20,22). The number of amides is 1. The molecular formula is C19H22N2O6S2. The number of aryl methyl sites for hydroxylation is 1. The van der Waals surface area contributed by atoms with Crippen molar-refractivity contribution in [2.75, 3.05) is 36.6 Å². The van der Waals surface area contributed by atoms with Crippen molar-refractivity contribution in [2.24, 2.45) is 0 Å². The highest BCUT2D eigenvalue weighted by Crippen LogP contribution is 2.39. The lowest BCUT2D eigenvalue weighted by atomic mass is 10.1. The van der Waals surface area contributed by atoms with Crippen LogP contribution in [0.15, 0.2) is 24.3 Å². The normalized spacial score (nSPS) is 12.9. The Kier molecular flexibility index (Phi) is 6.13. The van der Waals surface area contributed by atoms with Gasteiger partial charge in [-0.1, -0.05) is 6.07 Å². The molecule has 1 amide bonds. The molecule has 0 spiro atoms. The van der Waals surface area contributed by atoms with E-state index in [0.29, 0.717) is 22.0 Å². The molecule has 1 N–H and O–H groups in total. The fraction of sp³-hybridized carbons (Fsp3) is 0.368. The first kappa shape index (κ1) is 21.1. The van der Waals surface area contributed by atoms with Gasteiger partial charge in [-0.2, -0.15) is 0 Å². The Hall–Kier alpha value is -2.59. The number of carbonyl (C=O) groups excluding carboxylic acids is 2. The first-order valence-electron chi connectivity index (χ1n) is 8.89. The van der Waals surface area contributed by atoms with Crippen LogP contribution in [-0.2, 0) is 32.4 Å². The van der Waals surface area contributed by atoms with Crippen LogP contribution < -0.4 is 14.4 Å². The first-order valence-corrected chi connectivity index (χ1v) is 11.6. The molecule has 156 valence electrons. The minimum Gasteiger partial charge on any atom is -0.497 e. The Morgan fingerprint density at radius 2 is 2.00 bits per heavy atom. The van der Waals surface area contributed by atoms with Crippen LogP contribution in [0.25, 0.3) is 0 Å². The lowest BCUT2D eigenvalue weighted by Gasteiger charge is -2.22. The van der Waals surface area contributed by atoms with E-state index in [1.54, 1.807) is 18.2 Å². The molecule has 0 bridgehead atoms. The molecule has 0 radical (unpaired) electrons. The third-order valence-corrected chi connectivity index (χ3v) is 6.94. The third kappa shape index (κ3) is 4.54. The van der Waals surface area contributed by atoms with Crippen LogP contribution in [-0.4, -0.2) is 47.3 Å². The summed E-state index contributed by atoms with van der Waals surface area (Å²) in [5, 5.41) is 3.09. The molecule has 0 aliphatic heterocycles. The summed E-state index contributed by atoms with van der Waals surface area (Å²) in [4.78, 5) is 26.0. The summed E-state index contributed by atoms with van der Waals surface area (Å²) in [5.41, 5.74) is 1.58. The SMILES string of the molecule is COC(=O)c1c(NC(=O)CN(c2cccc(OC)c2)S(C)(=O)=O)sc2c1CCC2. The summed E-state index contributed by atoms with van der Waals surface area (Å²) in [6.45, 7) is -0.435. The molecule has 29 heavy (non-hydrogen) atoms. The first-order chi connectivity index (χ1) is 13.7. The molecule has 1 heterocycles. The number of sulfonamides is 1. The van der Waals surface area contributed by atoms with E-state index in [0.717, 1.165) is 40.3 Å². The second kappa shape index (κ2) is 8.42. The van der Waals surface area contributed by atoms with Crippen LogP contribution >= 0.6 is 11.3 Å². The quantitative estimate of drug-likeness (QED) is 0.666. The van der Waals surface area contributed by atoms with Crippen molar-refractivity contribution < 1.29 is 27.5 Å². The maximum absolute atomic E-state index is 12.7. The molecule has 2 aromatic rings. The highest BCUT2D eigenvalue weighted by atomic mass is 32.2. The number of esters is 1. The predicted molar refractivity (Wildman–Crippen MR) is 111 cm³/mol. The monoisotopic (exact) mass is 438 g/mol. The molecule has 0 saturated carbocycles. The molecule has 1 aromatic heterocycles. The fourth-order valence-corrected chi connectivity index (χ4v) is 5.41. The van der Waals surface area contributed by atoms with E-state index in [2.05, 4.69) is 5.32 Å². The van der Waals surface area contributed by atoms with Crippen molar-refractivity contribution in [3.05, 3.63) is 40.3 Å². The fourth-order valence-electron chi connectivity index (χ4n) is 3.27. The van der Waals surface area contributed by atoms with Gasteiger partial charge in [0, 0.05) is 10.9 Å². The number of rotatable bonds is 7. The number of benzene rings is 1. The number of fused-ring (bicyclic) bond motifs is 1. The van der Waals surface area contributed by atoms with Gasteiger partial charge in [0.25, 0.3) is 0 Å². The Balaban J connectivity index is 1.86. The van der Waals surface area contributed by atoms with E-state index in [4.69, 9.17) is 9.47 Å². The number of methoxy groups -OCH3 is 2. The average molecular weight is 439 g/mol. The summed E-state index contributed by atoms with van der Waals surface area (Å²) >= 11 is 1.34. The summed E-state index contributed by atoms with van der Waals surface area (Å²) in [7, 11) is -0.963. The van der Waals surface area contributed by atoms with E-state index in [9.17, 15) is 18.0 Å². The van der Waals surface area contributed by atoms with Crippen molar-refractivity contribution in [2.45, 2.75) is 19.3 Å². The highest BCUT2D eigenvalue weighted by molar-refractivity contribution is 7.92. The second-order valence-corrected chi connectivity index (χ2v) is 9.58. The average Bonchev–Trinajstić information content (AvgIpc) is 3.25. The van der Waals surface area contributed by atoms with Crippen molar-refractivity contribution in [3.8, 4) is 5.75 Å². The molecule has 0 atom stereocenters. The van der Waals surface area contributed by atoms with E-state index in [1.165, 1.54) is 31.6 Å². The summed E-state index contributed by atoms with van der Waals surface area (Å²) < 4.78 is 35.6. The zero-order chi connectivity index (χ0) is 21.2. The molecule has 0 unspecified atom stereocenters. The number of nitrogens with one attached hydrogen (secondary N) is 1. The molecule has 1 aromatic carbocycles. The van der Waals surface area contributed by atoms with Gasteiger partial charge in [-0.3, -0.25) is 9.10 Å². The Bertz CT molecular complexity index is 1040. The van der Waals surface area contributed by atoms with Gasteiger partial charge in [0.05, 0.1) is 31.7 Å². The molecule has 8 nitrogen and oxygen atoms in total. The van der Waals surface area contributed by atoms with E-state index in [-0.39, 0.29) is 0 Å². The predicted octanol–water partition coefficient (Wildman–Crippen LogP) is 2.44. The second-order valence-electron chi connectivity index (χ2n) is 6.57. The minimum absolute atomic E-state index is 0.309. The zero-order valence-corrected chi connectivity index (χ0v) is 18.0. The van der Waals surface area contributed by atoms with Gasteiger partial charge in [-0.15, -0.1) is 11.3 Å².